The van der Waals surface area contributed by atoms with E-state index in [1.807, 2.05) is 4.93 Å². The summed E-state index contributed by atoms with van der Waals surface area (Å²) in [6.07, 6.45) is 7.91. The first kappa shape index (κ1) is 47.7. The molecule has 0 bridgehead atoms. The molecule has 4 aromatic carbocycles. The van der Waals surface area contributed by atoms with E-state index >= 15 is 0 Å². The van der Waals surface area contributed by atoms with Gasteiger partial charge >= 0.3 is 64.9 Å². The molecule has 0 spiro atoms. The number of hydrogen-bond acceptors (Lipinski definition) is 0. The van der Waals surface area contributed by atoms with E-state index < -0.39 is 0 Å². The van der Waals surface area contributed by atoms with Crippen molar-refractivity contribution in [3.63, 3.8) is 0 Å². The third-order valence-electron chi connectivity index (χ3n) is 10.9. The van der Waals surface area contributed by atoms with Crippen LogP contribution in [-0.2, 0) is 30.6 Å². The van der Waals surface area contributed by atoms with E-state index in [1.54, 1.807) is 27.8 Å². The Labute approximate surface area is 353 Å². The topological polar surface area (TPSA) is 0 Å². The fourth-order valence-corrected chi connectivity index (χ4v) is 7.20. The summed E-state index contributed by atoms with van der Waals surface area (Å²) in [5, 5.41) is 2.82. The fraction of sp³-hybridized carbons (Fsp3) is 0.500. The molecular weight excluding hydrogens is 1090 g/mol. The molecule has 0 saturated carbocycles. The summed E-state index contributed by atoms with van der Waals surface area (Å²) in [5.74, 6) is 1.76. The Balaban J connectivity index is 0.000000337. The van der Waals surface area contributed by atoms with Gasteiger partial charge in [0.1, 0.15) is 0 Å². The van der Waals surface area contributed by atoms with Crippen LogP contribution in [0.2, 0.25) is 0 Å². The summed E-state index contributed by atoms with van der Waals surface area (Å²) in [6.45, 7) is 27.0. The van der Waals surface area contributed by atoms with E-state index in [0.717, 1.165) is 11.8 Å². The summed E-state index contributed by atoms with van der Waals surface area (Å²) in [4.78, 5) is 1.69. The van der Waals surface area contributed by atoms with E-state index in [-0.39, 0.29) is 12.3 Å². The van der Waals surface area contributed by atoms with Crippen molar-refractivity contribution in [2.75, 3.05) is 4.93 Å². The number of alkyl halides is 1. The molecule has 0 aromatic heterocycles. The minimum absolute atomic E-state index is 0. The summed E-state index contributed by atoms with van der Waals surface area (Å²) < 4.78 is 0. The van der Waals surface area contributed by atoms with Crippen LogP contribution in [0.5, 0.6) is 0 Å². The van der Waals surface area contributed by atoms with Crippen molar-refractivity contribution in [2.45, 2.75) is 129 Å². The van der Waals surface area contributed by atoms with Crippen molar-refractivity contribution in [3.8, 4) is 0 Å². The maximum atomic E-state index is 2.46. The molecule has 6 rings (SSSR count). The Morgan fingerprint density at radius 3 is 1.61 bits per heavy atom. The summed E-state index contributed by atoms with van der Waals surface area (Å²) in [7, 11) is 0. The third kappa shape index (κ3) is 13.5. The molecule has 0 N–H and O–H groups in total. The fourth-order valence-electron chi connectivity index (χ4n) is 7.20. The Hall–Kier alpha value is 0.644. The second-order valence-corrected chi connectivity index (χ2v) is 49.5. The van der Waals surface area contributed by atoms with Gasteiger partial charge in [0.25, 0.3) is 0 Å². The zero-order valence-electron chi connectivity index (χ0n) is 31.8. The molecule has 0 saturated heterocycles. The van der Waals surface area contributed by atoms with Crippen LogP contribution in [0.15, 0.2) is 36.4 Å². The van der Waals surface area contributed by atoms with Crippen LogP contribution in [0.3, 0.4) is 0 Å². The predicted octanol–water partition coefficient (Wildman–Crippen LogP) is 15.9. The number of benzene rings is 4. The molecule has 2 atom stereocenters. The van der Waals surface area contributed by atoms with Crippen molar-refractivity contribution < 1.29 is 4.92 Å². The molecule has 5 heteroatoms. The molecule has 2 aliphatic rings. The van der Waals surface area contributed by atoms with Gasteiger partial charge in [0.15, 0.2) is 0 Å². The molecule has 272 valence electrons. The van der Waals surface area contributed by atoms with Crippen molar-refractivity contribution in [1.29, 1.82) is 0 Å². The van der Waals surface area contributed by atoms with Gasteiger partial charge in [-0.3, -0.25) is 0 Å². The van der Waals surface area contributed by atoms with Crippen molar-refractivity contribution in [2.24, 2.45) is 11.8 Å². The monoisotopic (exact) mass is 1150 g/mol. The maximum absolute atomic E-state index is 2.46. The number of aryl methyl sites for hydroxylation is 7. The first-order valence-corrected chi connectivity index (χ1v) is 33.0. The molecule has 0 aliphatic heterocycles. The molecule has 0 heterocycles. The number of rotatable bonds is 0. The van der Waals surface area contributed by atoms with E-state index in [1.165, 1.54) is 99.4 Å². The summed E-state index contributed by atoms with van der Waals surface area (Å²) in [5.41, 5.74) is 21.1. The van der Waals surface area contributed by atoms with Crippen LogP contribution in [-0.4, -0.2) is 4.93 Å². The Bertz CT molecular complexity index is 1670. The van der Waals surface area contributed by atoms with Gasteiger partial charge in [-0.2, -0.15) is 0 Å². The molecule has 0 amide bonds. The minimum atomic E-state index is -0.278. The Kier molecular flexibility index (Phi) is 22.1. The second kappa shape index (κ2) is 22.8. The molecule has 4 aromatic rings. The molecule has 2 aliphatic carbocycles. The average Bonchev–Trinajstić information content (AvgIpc) is 3.04. The van der Waals surface area contributed by atoms with Gasteiger partial charge in [0, 0.05) is 0 Å². The molecule has 0 nitrogen and oxygen atoms in total. The second-order valence-electron chi connectivity index (χ2n) is 14.2. The first-order valence-electron chi connectivity index (χ1n) is 17.3. The predicted molar refractivity (Wildman–Crippen MR) is 255 cm³/mol. The SMILES string of the molecule is C.CI.Cc1cc2c(c(C)c1C)CC(C)CC2.Cc1cc2ccc(C)c(C)c2c(C)c1C.Cc1ccc2c(c1C)CCC(C)C2.[I][V]([I])[I]. The van der Waals surface area contributed by atoms with Crippen LogP contribution in [0, 0.1) is 81.1 Å². The van der Waals surface area contributed by atoms with Crippen molar-refractivity contribution >= 4 is 93.3 Å². The van der Waals surface area contributed by atoms with Gasteiger partial charge in [-0.15, -0.1) is 0 Å². The average molecular weight is 1150 g/mol. The van der Waals surface area contributed by atoms with Gasteiger partial charge in [0.2, 0.25) is 0 Å². The van der Waals surface area contributed by atoms with Gasteiger partial charge in [-0.05, 0) is 213 Å². The normalized spacial score (nSPS) is 15.8. The quantitative estimate of drug-likeness (QED) is 0.122. The third-order valence-corrected chi connectivity index (χ3v) is 10.9. The summed E-state index contributed by atoms with van der Waals surface area (Å²) >= 11 is 9.54. The van der Waals surface area contributed by atoms with Crippen LogP contribution in [0.4, 0.5) is 0 Å². The number of hydrogen-bond donors (Lipinski definition) is 0. The Morgan fingerprint density at radius 1 is 0.510 bits per heavy atom. The summed E-state index contributed by atoms with van der Waals surface area (Å²) in [6, 6.07) is 13.7. The molecule has 0 fully saturated rings. The van der Waals surface area contributed by atoms with E-state index in [4.69, 9.17) is 0 Å². The zero-order chi connectivity index (χ0) is 36.5. The first-order chi connectivity index (χ1) is 22.5. The van der Waals surface area contributed by atoms with Gasteiger partial charge in [0.05, 0.1) is 0 Å². The van der Waals surface area contributed by atoms with Crippen molar-refractivity contribution in [1.82, 2.24) is 0 Å². The number of fused-ring (bicyclic) bond motifs is 3. The van der Waals surface area contributed by atoms with E-state index in [2.05, 4.69) is 202 Å². The van der Waals surface area contributed by atoms with E-state index in [9.17, 15) is 0 Å². The van der Waals surface area contributed by atoms with Crippen LogP contribution in [0.25, 0.3) is 10.8 Å². The molecule has 0 radical (unpaired) electrons. The van der Waals surface area contributed by atoms with Crippen LogP contribution < -0.4 is 0 Å². The Morgan fingerprint density at radius 2 is 1.00 bits per heavy atom. The van der Waals surface area contributed by atoms with Gasteiger partial charge in [-0.25, -0.2) is 0 Å². The van der Waals surface area contributed by atoms with Crippen LogP contribution in [0.1, 0.15) is 112 Å². The zero-order valence-corrected chi connectivity index (χ0v) is 41.8. The molecular formula is C44H63I4V. The standard InChI is InChI=1S/C15H18.C14H20.C13H18.CH3I.CH4.3HI.V/c1-9-6-7-14-8-10(2)11(3)13(5)15(14)12(9)4;1-9-5-6-13-8-10(2)11(3)12(4)14(13)7-9;1-9-4-7-13-11(3)10(2)5-6-12(13)8-9;1-2;;;;;/h6-8H,1-5H3;8-9H,5-7H2,1-4H3;5-6,9H,4,7-8H2,1-3H3;1H3;1H4;3*1H;/q;;;;;;;;+3/p-3. The van der Waals surface area contributed by atoms with Gasteiger partial charge < -0.3 is 0 Å². The molecule has 49 heavy (non-hydrogen) atoms. The van der Waals surface area contributed by atoms with Gasteiger partial charge in [-0.1, -0.05) is 80.3 Å². The number of halogens is 4. The van der Waals surface area contributed by atoms with Crippen LogP contribution >= 0.6 is 82.5 Å². The van der Waals surface area contributed by atoms with E-state index in [0.29, 0.717) is 0 Å². The molecule has 2 unspecified atom stereocenters. The van der Waals surface area contributed by atoms with Crippen molar-refractivity contribution in [3.05, 3.63) is 114 Å².